The number of rotatable bonds is 3. The van der Waals surface area contributed by atoms with Crippen LogP contribution in [-0.2, 0) is 4.74 Å². The van der Waals surface area contributed by atoms with E-state index < -0.39 is 0 Å². The monoisotopic (exact) mass is 422 g/mol. The van der Waals surface area contributed by atoms with E-state index in [1.165, 1.54) is 21.4 Å². The summed E-state index contributed by atoms with van der Waals surface area (Å²) >= 11 is 3.51. The second kappa shape index (κ2) is 6.74. The van der Waals surface area contributed by atoms with Crippen molar-refractivity contribution in [1.82, 2.24) is 14.9 Å². The molecule has 148 valence electrons. The van der Waals surface area contributed by atoms with E-state index in [2.05, 4.69) is 57.6 Å². The van der Waals surface area contributed by atoms with Crippen molar-refractivity contribution < 1.29 is 4.74 Å². The highest BCUT2D eigenvalue weighted by Gasteiger charge is 2.50. The van der Waals surface area contributed by atoms with E-state index >= 15 is 0 Å². The summed E-state index contributed by atoms with van der Waals surface area (Å²) in [6, 6.07) is 10.8. The van der Waals surface area contributed by atoms with Crippen LogP contribution in [0.4, 0.5) is 11.4 Å². The molecule has 2 atom stereocenters. The maximum atomic E-state index is 5.84. The minimum absolute atomic E-state index is 0.157. The summed E-state index contributed by atoms with van der Waals surface area (Å²) in [4.78, 5) is 14.2. The van der Waals surface area contributed by atoms with Crippen LogP contribution in [0.5, 0.6) is 0 Å². The number of hydrogen-bond acceptors (Lipinski definition) is 7. The van der Waals surface area contributed by atoms with Crippen molar-refractivity contribution >= 4 is 54.5 Å². The maximum Gasteiger partial charge on any atom is 0.125 e. The van der Waals surface area contributed by atoms with Crippen molar-refractivity contribution in [2.45, 2.75) is 24.3 Å². The third kappa shape index (κ3) is 2.79. The topological polar surface area (TPSA) is 50.3 Å². The lowest BCUT2D eigenvalue weighted by molar-refractivity contribution is 0.111. The highest BCUT2D eigenvalue weighted by molar-refractivity contribution is 7.18. The third-order valence-electron chi connectivity index (χ3n) is 6.60. The normalized spacial score (nSPS) is 24.9. The Kier molecular flexibility index (Phi) is 4.13. The molecule has 1 N–H and O–H groups in total. The lowest BCUT2D eigenvalue weighted by Gasteiger charge is -2.35. The fourth-order valence-electron chi connectivity index (χ4n) is 4.96. The third-order valence-corrected chi connectivity index (χ3v) is 8.57. The molecule has 0 unspecified atom stereocenters. The Morgan fingerprint density at radius 2 is 2.21 bits per heavy atom. The minimum Gasteiger partial charge on any atom is -0.379 e. The molecule has 7 heteroatoms. The van der Waals surface area contributed by atoms with E-state index in [1.54, 1.807) is 11.3 Å². The van der Waals surface area contributed by atoms with Crippen LogP contribution < -0.4 is 5.32 Å². The van der Waals surface area contributed by atoms with Crippen LogP contribution in [0.2, 0.25) is 0 Å². The predicted octanol–water partition coefficient (Wildman–Crippen LogP) is 5.23. The van der Waals surface area contributed by atoms with Gasteiger partial charge in [-0.15, -0.1) is 22.7 Å². The number of pyridine rings is 1. The van der Waals surface area contributed by atoms with Gasteiger partial charge < -0.3 is 10.1 Å². The molecular formula is C22H22N4OS2. The molecule has 0 saturated carbocycles. The number of likely N-dealkylation sites (tertiary alicyclic amines) is 1. The zero-order valence-corrected chi connectivity index (χ0v) is 17.9. The number of hydrogen-bond donors (Lipinski definition) is 1. The molecule has 3 aromatic heterocycles. The molecule has 6 rings (SSSR count). The average Bonchev–Trinajstić information content (AvgIpc) is 3.50. The summed E-state index contributed by atoms with van der Waals surface area (Å²) in [6.07, 6.45) is 4.21. The van der Waals surface area contributed by atoms with Gasteiger partial charge in [0.15, 0.2) is 0 Å². The first kappa shape index (κ1) is 17.8. The van der Waals surface area contributed by atoms with Gasteiger partial charge in [0.05, 0.1) is 33.6 Å². The number of fused-ring (bicyclic) bond motifs is 2. The number of thiazole rings is 1. The van der Waals surface area contributed by atoms with Gasteiger partial charge in [-0.25, -0.2) is 9.97 Å². The van der Waals surface area contributed by atoms with Crippen LogP contribution in [-0.4, -0.2) is 47.2 Å². The second-order valence-corrected chi connectivity index (χ2v) is 10.0. The molecule has 0 aliphatic carbocycles. The van der Waals surface area contributed by atoms with Crippen molar-refractivity contribution in [2.24, 2.45) is 0 Å². The van der Waals surface area contributed by atoms with E-state index in [0.29, 0.717) is 5.92 Å². The van der Waals surface area contributed by atoms with E-state index in [0.717, 1.165) is 47.9 Å². The Hall–Kier alpha value is -2.06. The fourth-order valence-corrected chi connectivity index (χ4v) is 6.89. The van der Waals surface area contributed by atoms with Crippen LogP contribution in [0.3, 0.4) is 0 Å². The number of likely N-dealkylation sites (N-methyl/N-ethyl adjacent to an activating group) is 1. The summed E-state index contributed by atoms with van der Waals surface area (Å²) in [5, 5.41) is 4.80. The van der Waals surface area contributed by atoms with Gasteiger partial charge in [-0.2, -0.15) is 0 Å². The Morgan fingerprint density at radius 3 is 3.10 bits per heavy atom. The van der Waals surface area contributed by atoms with Crippen molar-refractivity contribution in [3.63, 3.8) is 0 Å². The molecule has 0 radical (unpaired) electrons. The van der Waals surface area contributed by atoms with E-state index in [9.17, 15) is 0 Å². The van der Waals surface area contributed by atoms with Gasteiger partial charge in [0.2, 0.25) is 0 Å². The first-order chi connectivity index (χ1) is 14.2. The number of anilines is 2. The predicted molar refractivity (Wildman–Crippen MR) is 121 cm³/mol. The van der Waals surface area contributed by atoms with Crippen LogP contribution in [0.25, 0.3) is 20.4 Å². The lowest BCUT2D eigenvalue weighted by atomic mass is 9.83. The molecule has 2 aliphatic heterocycles. The Balaban J connectivity index is 1.38. The highest BCUT2D eigenvalue weighted by atomic mass is 32.1. The second-order valence-electron chi connectivity index (χ2n) is 8.05. The van der Waals surface area contributed by atoms with E-state index in [4.69, 9.17) is 4.74 Å². The van der Waals surface area contributed by atoms with Crippen LogP contribution in [0, 0.1) is 0 Å². The quantitative estimate of drug-likeness (QED) is 0.490. The number of ether oxygens (including phenoxy) is 1. The number of aromatic nitrogens is 2. The van der Waals surface area contributed by atoms with E-state index in [-0.39, 0.29) is 5.54 Å². The Bertz CT molecular complexity index is 1190. The molecule has 1 spiro atoms. The van der Waals surface area contributed by atoms with Crippen molar-refractivity contribution in [3.05, 3.63) is 46.9 Å². The molecule has 1 aromatic carbocycles. The molecule has 5 nitrogen and oxygen atoms in total. The molecule has 2 saturated heterocycles. The van der Waals surface area contributed by atoms with E-state index in [1.807, 2.05) is 23.0 Å². The number of nitrogens with zero attached hydrogens (tertiary/aromatic N) is 3. The van der Waals surface area contributed by atoms with Gasteiger partial charge in [0.25, 0.3) is 0 Å². The largest absolute Gasteiger partial charge is 0.379 e. The lowest BCUT2D eigenvalue weighted by Crippen LogP contribution is -2.45. The summed E-state index contributed by atoms with van der Waals surface area (Å²) in [7, 11) is 2.25. The van der Waals surface area contributed by atoms with Crippen LogP contribution in [0.1, 0.15) is 23.6 Å². The first-order valence-electron chi connectivity index (χ1n) is 10.0. The molecule has 29 heavy (non-hydrogen) atoms. The summed E-state index contributed by atoms with van der Waals surface area (Å²) in [6.45, 7) is 2.85. The van der Waals surface area contributed by atoms with Crippen molar-refractivity contribution in [1.29, 1.82) is 0 Å². The van der Waals surface area contributed by atoms with Crippen LogP contribution in [0.15, 0.2) is 42.0 Å². The summed E-state index contributed by atoms with van der Waals surface area (Å²) in [5.74, 6) is 0.522. The minimum atomic E-state index is 0.157. The van der Waals surface area contributed by atoms with Crippen molar-refractivity contribution in [2.75, 3.05) is 32.1 Å². The first-order valence-corrected chi connectivity index (χ1v) is 11.7. The number of thiophene rings is 1. The highest BCUT2D eigenvalue weighted by Crippen LogP contribution is 2.49. The molecule has 5 heterocycles. The maximum absolute atomic E-state index is 5.84. The number of benzene rings is 1. The molecule has 0 bridgehead atoms. The van der Waals surface area contributed by atoms with Gasteiger partial charge >= 0.3 is 0 Å². The zero-order chi connectivity index (χ0) is 19.4. The standard InChI is InChI=1S/C22H22N4OS2/c1-26-8-5-16(22(26)6-9-27-12-22)20-11-15-17(4-7-23-21(15)29-20)25-14-2-3-19-18(10-14)24-13-28-19/h2-4,7,10-11,13,16H,5-6,8-9,12H2,1H3,(H,23,25)/t16-,22+/m1/s1. The fraction of sp³-hybridized carbons (Fsp3) is 0.364. The van der Waals surface area contributed by atoms with Gasteiger partial charge in [-0.3, -0.25) is 4.90 Å². The van der Waals surface area contributed by atoms with Gasteiger partial charge in [-0.1, -0.05) is 0 Å². The summed E-state index contributed by atoms with van der Waals surface area (Å²) < 4.78 is 7.05. The molecule has 4 aromatic rings. The van der Waals surface area contributed by atoms with Gasteiger partial charge in [0.1, 0.15) is 4.83 Å². The molecule has 2 fully saturated rings. The summed E-state index contributed by atoms with van der Waals surface area (Å²) in [5.41, 5.74) is 5.25. The van der Waals surface area contributed by atoms with Crippen LogP contribution >= 0.6 is 22.7 Å². The molecule has 0 amide bonds. The smallest absolute Gasteiger partial charge is 0.125 e. The van der Waals surface area contributed by atoms with Gasteiger partial charge in [-0.05, 0) is 56.8 Å². The number of nitrogens with one attached hydrogen (secondary N) is 1. The Morgan fingerprint density at radius 1 is 1.24 bits per heavy atom. The van der Waals surface area contributed by atoms with Crippen molar-refractivity contribution in [3.8, 4) is 0 Å². The van der Waals surface area contributed by atoms with Gasteiger partial charge in [0, 0.05) is 34.7 Å². The molecular weight excluding hydrogens is 400 g/mol. The molecule has 2 aliphatic rings. The average molecular weight is 423 g/mol. The zero-order valence-electron chi connectivity index (χ0n) is 16.2. The SMILES string of the molecule is CN1CC[C@H](c2cc3c(Nc4ccc5scnc5c4)ccnc3s2)[C@@]12CCOC2. The Labute approximate surface area is 177 Å².